The lowest BCUT2D eigenvalue weighted by molar-refractivity contribution is 0.369. The molecule has 1 rings (SSSR count). The predicted octanol–water partition coefficient (Wildman–Crippen LogP) is 1.29. The third-order valence-electron chi connectivity index (χ3n) is 2.60. The molecule has 102 valence electrons. The second-order valence-corrected chi connectivity index (χ2v) is 6.51. The van der Waals surface area contributed by atoms with E-state index in [9.17, 15) is 8.42 Å². The van der Waals surface area contributed by atoms with Crippen LogP contribution in [-0.4, -0.2) is 37.7 Å². The zero-order valence-electron chi connectivity index (χ0n) is 11.1. The van der Waals surface area contributed by atoms with Gasteiger partial charge in [-0.15, -0.1) is 0 Å². The first-order valence-corrected chi connectivity index (χ1v) is 7.29. The predicted molar refractivity (Wildman–Crippen MR) is 74.2 cm³/mol. The number of anilines is 1. The third kappa shape index (κ3) is 3.69. The van der Waals surface area contributed by atoms with Crippen molar-refractivity contribution < 1.29 is 8.42 Å². The van der Waals surface area contributed by atoms with Crippen LogP contribution in [0.3, 0.4) is 0 Å². The summed E-state index contributed by atoms with van der Waals surface area (Å²) in [6.45, 7) is 2.83. The molecule has 18 heavy (non-hydrogen) atoms. The number of benzene rings is 1. The van der Waals surface area contributed by atoms with E-state index in [1.165, 1.54) is 8.61 Å². The maximum absolute atomic E-state index is 12.1. The second kappa shape index (κ2) is 6.17. The number of hydrogen-bond acceptors (Lipinski definition) is 3. The van der Waals surface area contributed by atoms with E-state index in [1.807, 2.05) is 19.1 Å². The van der Waals surface area contributed by atoms with Gasteiger partial charge in [0.15, 0.2) is 0 Å². The highest BCUT2D eigenvalue weighted by Gasteiger charge is 2.23. The third-order valence-corrected chi connectivity index (χ3v) is 4.49. The monoisotopic (exact) mass is 271 g/mol. The lowest BCUT2D eigenvalue weighted by Gasteiger charge is -2.25. The van der Waals surface area contributed by atoms with Gasteiger partial charge >= 0.3 is 0 Å². The molecule has 6 heteroatoms. The molecular formula is C12H21N3O2S. The van der Waals surface area contributed by atoms with Crippen LogP contribution in [0.15, 0.2) is 24.3 Å². The minimum Gasteiger partial charge on any atom is -0.399 e. The van der Waals surface area contributed by atoms with E-state index in [-0.39, 0.29) is 0 Å². The van der Waals surface area contributed by atoms with Crippen molar-refractivity contribution in [2.75, 3.05) is 26.4 Å². The normalized spacial score (nSPS) is 12.3. The Balaban J connectivity index is 2.90. The SMILES string of the molecule is CCCN(Cc1ccc(N)cc1)S(=O)(=O)N(C)C. The van der Waals surface area contributed by atoms with Gasteiger partial charge in [0.1, 0.15) is 0 Å². The number of nitrogen functional groups attached to an aromatic ring is 1. The zero-order chi connectivity index (χ0) is 13.8. The van der Waals surface area contributed by atoms with Crippen LogP contribution in [0, 0.1) is 0 Å². The van der Waals surface area contributed by atoms with Gasteiger partial charge in [-0.25, -0.2) is 0 Å². The van der Waals surface area contributed by atoms with Crippen LogP contribution in [0.2, 0.25) is 0 Å². The van der Waals surface area contributed by atoms with Crippen molar-refractivity contribution in [3.05, 3.63) is 29.8 Å². The molecule has 0 heterocycles. The lowest BCUT2D eigenvalue weighted by atomic mass is 10.2. The molecule has 0 saturated carbocycles. The summed E-state index contributed by atoms with van der Waals surface area (Å²) < 4.78 is 26.9. The summed E-state index contributed by atoms with van der Waals surface area (Å²) in [5.41, 5.74) is 7.22. The van der Waals surface area contributed by atoms with Crippen molar-refractivity contribution in [1.82, 2.24) is 8.61 Å². The Bertz CT molecular complexity index is 469. The fourth-order valence-corrected chi connectivity index (χ4v) is 2.77. The summed E-state index contributed by atoms with van der Waals surface area (Å²) >= 11 is 0. The van der Waals surface area contributed by atoms with Gasteiger partial charge in [0.2, 0.25) is 0 Å². The van der Waals surface area contributed by atoms with Crippen LogP contribution in [-0.2, 0) is 16.8 Å². The molecule has 5 nitrogen and oxygen atoms in total. The minimum absolute atomic E-state index is 0.370. The van der Waals surface area contributed by atoms with Crippen molar-refractivity contribution in [2.45, 2.75) is 19.9 Å². The van der Waals surface area contributed by atoms with Crippen molar-refractivity contribution in [2.24, 2.45) is 0 Å². The molecule has 0 saturated heterocycles. The molecule has 0 aliphatic rings. The van der Waals surface area contributed by atoms with E-state index >= 15 is 0 Å². The van der Waals surface area contributed by atoms with E-state index in [0.29, 0.717) is 18.8 Å². The summed E-state index contributed by atoms with van der Waals surface area (Å²) in [5, 5.41) is 0. The molecule has 0 radical (unpaired) electrons. The van der Waals surface area contributed by atoms with Gasteiger partial charge < -0.3 is 5.73 Å². The van der Waals surface area contributed by atoms with E-state index in [4.69, 9.17) is 5.73 Å². The Morgan fingerprint density at radius 2 is 1.72 bits per heavy atom. The molecule has 0 spiro atoms. The molecule has 0 aliphatic heterocycles. The number of nitrogens with zero attached hydrogens (tertiary/aromatic N) is 2. The molecule has 0 aliphatic carbocycles. The van der Waals surface area contributed by atoms with Gasteiger partial charge in [0, 0.05) is 32.9 Å². The van der Waals surface area contributed by atoms with E-state index in [0.717, 1.165) is 12.0 Å². The largest absolute Gasteiger partial charge is 0.399 e. The van der Waals surface area contributed by atoms with Crippen molar-refractivity contribution in [3.8, 4) is 0 Å². The summed E-state index contributed by atoms with van der Waals surface area (Å²) in [7, 11) is -0.289. The summed E-state index contributed by atoms with van der Waals surface area (Å²) in [4.78, 5) is 0. The van der Waals surface area contributed by atoms with Crippen molar-refractivity contribution in [3.63, 3.8) is 0 Å². The molecule has 0 fully saturated rings. The Morgan fingerprint density at radius 1 is 1.17 bits per heavy atom. The average molecular weight is 271 g/mol. The number of hydrogen-bond donors (Lipinski definition) is 1. The molecule has 0 bridgehead atoms. The molecule has 1 aromatic carbocycles. The van der Waals surface area contributed by atoms with Crippen LogP contribution in [0.5, 0.6) is 0 Å². The van der Waals surface area contributed by atoms with Crippen molar-refractivity contribution in [1.29, 1.82) is 0 Å². The molecule has 0 unspecified atom stereocenters. The van der Waals surface area contributed by atoms with E-state index < -0.39 is 10.2 Å². The Labute approximate surface area is 109 Å². The highest BCUT2D eigenvalue weighted by molar-refractivity contribution is 7.86. The van der Waals surface area contributed by atoms with Gasteiger partial charge in [-0.3, -0.25) is 0 Å². The highest BCUT2D eigenvalue weighted by Crippen LogP contribution is 2.13. The van der Waals surface area contributed by atoms with Gasteiger partial charge in [-0.1, -0.05) is 19.1 Å². The number of nitrogens with two attached hydrogens (primary N) is 1. The summed E-state index contributed by atoms with van der Waals surface area (Å²) in [6, 6.07) is 7.26. The van der Waals surface area contributed by atoms with Crippen LogP contribution < -0.4 is 5.73 Å². The summed E-state index contributed by atoms with van der Waals surface area (Å²) in [6.07, 6.45) is 0.780. The van der Waals surface area contributed by atoms with Crippen LogP contribution in [0.25, 0.3) is 0 Å². The quantitative estimate of drug-likeness (QED) is 0.793. The summed E-state index contributed by atoms with van der Waals surface area (Å²) in [5.74, 6) is 0. The maximum Gasteiger partial charge on any atom is 0.281 e. The average Bonchev–Trinajstić information content (AvgIpc) is 2.31. The highest BCUT2D eigenvalue weighted by atomic mass is 32.2. The van der Waals surface area contributed by atoms with Crippen molar-refractivity contribution >= 4 is 15.9 Å². The molecule has 0 atom stereocenters. The smallest absolute Gasteiger partial charge is 0.281 e. The number of rotatable bonds is 6. The molecule has 1 aromatic rings. The van der Waals surface area contributed by atoms with E-state index in [2.05, 4.69) is 0 Å². The minimum atomic E-state index is -3.37. The first-order chi connectivity index (χ1) is 8.37. The Morgan fingerprint density at radius 3 is 2.17 bits per heavy atom. The topological polar surface area (TPSA) is 66.6 Å². The van der Waals surface area contributed by atoms with Crippen LogP contribution >= 0.6 is 0 Å². The molecule has 0 aromatic heterocycles. The van der Waals surface area contributed by atoms with E-state index in [1.54, 1.807) is 26.2 Å². The Hall–Kier alpha value is -1.11. The standard InChI is InChI=1S/C12H21N3O2S/c1-4-9-15(18(16,17)14(2)3)10-11-5-7-12(13)8-6-11/h5-8H,4,9-10,13H2,1-3H3. The fraction of sp³-hybridized carbons (Fsp3) is 0.500. The maximum atomic E-state index is 12.1. The molecular weight excluding hydrogens is 250 g/mol. The van der Waals surface area contributed by atoms with Gasteiger partial charge in [0.25, 0.3) is 10.2 Å². The van der Waals surface area contributed by atoms with Crippen LogP contribution in [0.1, 0.15) is 18.9 Å². The van der Waals surface area contributed by atoms with Gasteiger partial charge in [0.05, 0.1) is 0 Å². The second-order valence-electron chi connectivity index (χ2n) is 4.37. The van der Waals surface area contributed by atoms with Gasteiger partial charge in [-0.2, -0.15) is 17.0 Å². The fourth-order valence-electron chi connectivity index (χ4n) is 1.58. The molecule has 2 N–H and O–H groups in total. The van der Waals surface area contributed by atoms with Crippen LogP contribution in [0.4, 0.5) is 5.69 Å². The van der Waals surface area contributed by atoms with Gasteiger partial charge in [-0.05, 0) is 24.1 Å². The Kier molecular flexibility index (Phi) is 5.13. The zero-order valence-corrected chi connectivity index (χ0v) is 11.9. The first kappa shape index (κ1) is 14.9. The lowest BCUT2D eigenvalue weighted by Crippen LogP contribution is -2.40. The first-order valence-electron chi connectivity index (χ1n) is 5.90. The molecule has 0 amide bonds.